The maximum absolute atomic E-state index is 10.8. The number of hydrogen-bond donors (Lipinski definition) is 2. The van der Waals surface area contributed by atoms with Gasteiger partial charge in [0.1, 0.15) is 0 Å². The summed E-state index contributed by atoms with van der Waals surface area (Å²) in [5.74, 6) is -0.932. The SMILES string of the molecule is O=C(O)c1ccc(C=NCCNc2ccnc3cc(Cl)ccc23)cc1. The second kappa shape index (κ2) is 7.77. The summed E-state index contributed by atoms with van der Waals surface area (Å²) in [6.07, 6.45) is 3.48. The Balaban J connectivity index is 1.57. The predicted molar refractivity (Wildman–Crippen MR) is 101 cm³/mol. The Kier molecular flexibility index (Phi) is 5.26. The van der Waals surface area contributed by atoms with E-state index < -0.39 is 5.97 Å². The number of benzene rings is 2. The number of hydrogen-bond acceptors (Lipinski definition) is 4. The molecule has 0 spiro atoms. The largest absolute Gasteiger partial charge is 0.478 e. The minimum atomic E-state index is -0.932. The molecule has 2 aromatic carbocycles. The van der Waals surface area contributed by atoms with Gasteiger partial charge >= 0.3 is 5.97 Å². The number of fused-ring (bicyclic) bond motifs is 1. The van der Waals surface area contributed by atoms with E-state index in [4.69, 9.17) is 16.7 Å². The molecule has 0 atom stereocenters. The number of aliphatic imine (C=N–C) groups is 1. The number of anilines is 1. The van der Waals surface area contributed by atoms with Crippen molar-refractivity contribution in [1.82, 2.24) is 4.98 Å². The van der Waals surface area contributed by atoms with Gasteiger partial charge in [0.15, 0.2) is 0 Å². The number of halogens is 1. The number of rotatable bonds is 6. The van der Waals surface area contributed by atoms with Crippen molar-refractivity contribution in [1.29, 1.82) is 0 Å². The number of carbonyl (C=O) groups is 1. The summed E-state index contributed by atoms with van der Waals surface area (Å²) in [7, 11) is 0. The summed E-state index contributed by atoms with van der Waals surface area (Å²) in [6.45, 7) is 1.27. The van der Waals surface area contributed by atoms with Gasteiger partial charge in [-0.25, -0.2) is 4.79 Å². The maximum Gasteiger partial charge on any atom is 0.335 e. The van der Waals surface area contributed by atoms with Crippen molar-refractivity contribution in [2.45, 2.75) is 0 Å². The average Bonchev–Trinajstić information content (AvgIpc) is 2.61. The third kappa shape index (κ3) is 4.33. The van der Waals surface area contributed by atoms with Gasteiger partial charge in [0.2, 0.25) is 0 Å². The van der Waals surface area contributed by atoms with E-state index in [-0.39, 0.29) is 5.56 Å². The van der Waals surface area contributed by atoms with Crippen LogP contribution in [0.1, 0.15) is 15.9 Å². The fourth-order valence-electron chi connectivity index (χ4n) is 2.41. The van der Waals surface area contributed by atoms with E-state index in [1.165, 1.54) is 0 Å². The van der Waals surface area contributed by atoms with Gasteiger partial charge in [-0.3, -0.25) is 9.98 Å². The molecule has 0 saturated carbocycles. The van der Waals surface area contributed by atoms with E-state index in [0.29, 0.717) is 18.1 Å². The van der Waals surface area contributed by atoms with Gasteiger partial charge < -0.3 is 10.4 Å². The third-order valence-corrected chi connectivity index (χ3v) is 3.89. The van der Waals surface area contributed by atoms with Gasteiger partial charge in [0.25, 0.3) is 0 Å². The van der Waals surface area contributed by atoms with Crippen LogP contribution in [-0.4, -0.2) is 35.4 Å². The van der Waals surface area contributed by atoms with Gasteiger partial charge in [-0.2, -0.15) is 0 Å². The molecule has 0 aliphatic carbocycles. The Hall–Kier alpha value is -2.92. The molecule has 0 radical (unpaired) electrons. The first-order chi connectivity index (χ1) is 12.1. The molecule has 3 aromatic rings. The predicted octanol–water partition coefficient (Wildman–Crippen LogP) is 4.12. The van der Waals surface area contributed by atoms with Crippen LogP contribution in [0.25, 0.3) is 10.9 Å². The minimum Gasteiger partial charge on any atom is -0.478 e. The number of aromatic carboxylic acids is 1. The Morgan fingerprint density at radius 1 is 1.20 bits per heavy atom. The molecule has 0 amide bonds. The van der Waals surface area contributed by atoms with Crippen LogP contribution in [0.5, 0.6) is 0 Å². The van der Waals surface area contributed by atoms with Crippen molar-refractivity contribution < 1.29 is 9.90 Å². The van der Waals surface area contributed by atoms with Crippen molar-refractivity contribution >= 4 is 40.4 Å². The van der Waals surface area contributed by atoms with Gasteiger partial charge in [-0.15, -0.1) is 0 Å². The lowest BCUT2D eigenvalue weighted by Crippen LogP contribution is -2.05. The second-order valence-corrected chi connectivity index (χ2v) is 5.85. The normalized spacial score (nSPS) is 11.1. The Labute approximate surface area is 150 Å². The first kappa shape index (κ1) is 16.9. The van der Waals surface area contributed by atoms with Crippen LogP contribution in [0.2, 0.25) is 5.02 Å². The van der Waals surface area contributed by atoms with Crippen LogP contribution in [0.4, 0.5) is 5.69 Å². The van der Waals surface area contributed by atoms with Crippen molar-refractivity contribution in [3.8, 4) is 0 Å². The highest BCUT2D eigenvalue weighted by Crippen LogP contribution is 2.24. The van der Waals surface area contributed by atoms with E-state index in [0.717, 1.165) is 22.2 Å². The highest BCUT2D eigenvalue weighted by Gasteiger charge is 2.02. The van der Waals surface area contributed by atoms with Gasteiger partial charge in [0.05, 0.1) is 17.6 Å². The molecule has 0 bridgehead atoms. The van der Waals surface area contributed by atoms with Gasteiger partial charge in [-0.1, -0.05) is 23.7 Å². The number of carboxylic acid groups (broad SMARTS) is 1. The second-order valence-electron chi connectivity index (χ2n) is 5.41. The molecule has 0 unspecified atom stereocenters. The lowest BCUT2D eigenvalue weighted by Gasteiger charge is -2.08. The lowest BCUT2D eigenvalue weighted by atomic mass is 10.1. The van der Waals surface area contributed by atoms with Crippen LogP contribution >= 0.6 is 11.6 Å². The zero-order chi connectivity index (χ0) is 17.6. The molecule has 25 heavy (non-hydrogen) atoms. The fraction of sp³-hybridized carbons (Fsp3) is 0.105. The number of carboxylic acids is 1. The molecule has 2 N–H and O–H groups in total. The highest BCUT2D eigenvalue weighted by atomic mass is 35.5. The Morgan fingerprint density at radius 2 is 2.00 bits per heavy atom. The van der Waals surface area contributed by atoms with E-state index >= 15 is 0 Å². The van der Waals surface area contributed by atoms with E-state index in [1.54, 1.807) is 36.7 Å². The minimum absolute atomic E-state index is 0.267. The van der Waals surface area contributed by atoms with Crippen molar-refractivity contribution in [2.24, 2.45) is 4.99 Å². The molecule has 0 aliphatic rings. The van der Waals surface area contributed by atoms with Crippen LogP contribution in [-0.2, 0) is 0 Å². The standard InChI is InChI=1S/C19H16ClN3O2/c20-15-5-6-16-17(7-8-22-18(16)11-15)23-10-9-21-12-13-1-3-14(4-2-13)19(24)25/h1-8,11-12H,9-10H2,(H,22,23)(H,24,25). The fourth-order valence-corrected chi connectivity index (χ4v) is 2.58. The number of nitrogens with one attached hydrogen (secondary N) is 1. The quantitative estimate of drug-likeness (QED) is 0.516. The molecule has 3 rings (SSSR count). The summed E-state index contributed by atoms with van der Waals surface area (Å²) in [5, 5.41) is 13.9. The number of nitrogens with zero attached hydrogens (tertiary/aromatic N) is 2. The van der Waals surface area contributed by atoms with Crippen molar-refractivity contribution in [2.75, 3.05) is 18.4 Å². The van der Waals surface area contributed by atoms with E-state index in [1.807, 2.05) is 24.3 Å². The smallest absolute Gasteiger partial charge is 0.335 e. The van der Waals surface area contributed by atoms with Crippen LogP contribution in [0.3, 0.4) is 0 Å². The van der Waals surface area contributed by atoms with Gasteiger partial charge in [-0.05, 0) is 42.0 Å². The molecule has 0 saturated heterocycles. The number of aromatic nitrogens is 1. The average molecular weight is 354 g/mol. The molecular weight excluding hydrogens is 338 g/mol. The van der Waals surface area contributed by atoms with Crippen LogP contribution < -0.4 is 5.32 Å². The third-order valence-electron chi connectivity index (χ3n) is 3.66. The summed E-state index contributed by atoms with van der Waals surface area (Å²) < 4.78 is 0. The molecule has 6 heteroatoms. The number of pyridine rings is 1. The summed E-state index contributed by atoms with van der Waals surface area (Å²) in [6, 6.07) is 14.1. The lowest BCUT2D eigenvalue weighted by molar-refractivity contribution is 0.0697. The summed E-state index contributed by atoms with van der Waals surface area (Å²) in [5.41, 5.74) is 2.97. The topological polar surface area (TPSA) is 74.6 Å². The van der Waals surface area contributed by atoms with Crippen LogP contribution in [0.15, 0.2) is 59.7 Å². The molecule has 5 nitrogen and oxygen atoms in total. The molecule has 1 heterocycles. The Bertz CT molecular complexity index is 924. The first-order valence-corrected chi connectivity index (χ1v) is 8.12. The molecule has 126 valence electrons. The monoisotopic (exact) mass is 353 g/mol. The summed E-state index contributed by atoms with van der Waals surface area (Å²) in [4.78, 5) is 19.5. The highest BCUT2D eigenvalue weighted by molar-refractivity contribution is 6.31. The van der Waals surface area contributed by atoms with Crippen molar-refractivity contribution in [3.63, 3.8) is 0 Å². The molecule has 0 aliphatic heterocycles. The van der Waals surface area contributed by atoms with E-state index in [9.17, 15) is 4.79 Å². The Morgan fingerprint density at radius 3 is 2.76 bits per heavy atom. The zero-order valence-electron chi connectivity index (χ0n) is 13.3. The van der Waals surface area contributed by atoms with E-state index in [2.05, 4.69) is 15.3 Å². The van der Waals surface area contributed by atoms with Crippen molar-refractivity contribution in [3.05, 3.63) is 70.9 Å². The maximum atomic E-state index is 10.8. The first-order valence-electron chi connectivity index (χ1n) is 7.75. The molecular formula is C19H16ClN3O2. The molecule has 0 fully saturated rings. The zero-order valence-corrected chi connectivity index (χ0v) is 14.1. The van der Waals surface area contributed by atoms with Gasteiger partial charge in [0, 0.05) is 35.1 Å². The molecule has 1 aromatic heterocycles. The van der Waals surface area contributed by atoms with Crippen LogP contribution in [0, 0.1) is 0 Å². The summed E-state index contributed by atoms with van der Waals surface area (Å²) >= 11 is 5.99.